The summed E-state index contributed by atoms with van der Waals surface area (Å²) in [7, 11) is 1.69. The van der Waals surface area contributed by atoms with E-state index in [1.807, 2.05) is 12.1 Å². The van der Waals surface area contributed by atoms with Crippen LogP contribution in [-0.2, 0) is 0 Å². The molecule has 0 amide bonds. The van der Waals surface area contributed by atoms with E-state index in [1.165, 1.54) is 27.8 Å². The van der Waals surface area contributed by atoms with Crippen molar-refractivity contribution in [2.24, 2.45) is 0 Å². The lowest BCUT2D eigenvalue weighted by atomic mass is 9.86. The summed E-state index contributed by atoms with van der Waals surface area (Å²) in [6.07, 6.45) is 2.27. The number of hydrogen-bond acceptors (Lipinski definition) is 1. The van der Waals surface area contributed by atoms with E-state index in [9.17, 15) is 0 Å². The topological polar surface area (TPSA) is 9.23 Å². The predicted octanol–water partition coefficient (Wildman–Crippen LogP) is 4.91. The molecule has 0 bridgehead atoms. The molecule has 0 N–H and O–H groups in total. The SMILES string of the molecule is C=C(C)C1C(c2ccc(OC)cc2)=Cc2ccccc21. The Hall–Kier alpha value is -2.28. The second kappa shape index (κ2) is 5.01. The van der Waals surface area contributed by atoms with Gasteiger partial charge in [0.05, 0.1) is 7.11 Å². The first-order chi connectivity index (χ1) is 9.70. The fourth-order valence-corrected chi connectivity index (χ4v) is 2.89. The van der Waals surface area contributed by atoms with Crippen LogP contribution in [0, 0.1) is 0 Å². The van der Waals surface area contributed by atoms with E-state index in [0.717, 1.165) is 5.75 Å². The van der Waals surface area contributed by atoms with Gasteiger partial charge in [0.15, 0.2) is 0 Å². The van der Waals surface area contributed by atoms with Crippen molar-refractivity contribution in [3.63, 3.8) is 0 Å². The summed E-state index contributed by atoms with van der Waals surface area (Å²) in [4.78, 5) is 0. The summed E-state index contributed by atoms with van der Waals surface area (Å²) < 4.78 is 5.23. The number of allylic oxidation sites excluding steroid dienone is 2. The van der Waals surface area contributed by atoms with Gasteiger partial charge in [0.2, 0.25) is 0 Å². The van der Waals surface area contributed by atoms with Crippen LogP contribution in [0.4, 0.5) is 0 Å². The van der Waals surface area contributed by atoms with Crippen LogP contribution in [0.5, 0.6) is 5.75 Å². The molecule has 1 aliphatic carbocycles. The van der Waals surface area contributed by atoms with Crippen LogP contribution in [0.15, 0.2) is 60.7 Å². The lowest BCUT2D eigenvalue weighted by Gasteiger charge is -2.17. The van der Waals surface area contributed by atoms with Crippen molar-refractivity contribution >= 4 is 11.6 Å². The Bertz CT molecular complexity index is 677. The lowest BCUT2D eigenvalue weighted by molar-refractivity contribution is 0.415. The highest BCUT2D eigenvalue weighted by molar-refractivity contribution is 5.93. The van der Waals surface area contributed by atoms with Gasteiger partial charge in [0, 0.05) is 5.92 Å². The van der Waals surface area contributed by atoms with Crippen LogP contribution in [0.2, 0.25) is 0 Å². The Morgan fingerprint density at radius 3 is 2.40 bits per heavy atom. The van der Waals surface area contributed by atoms with Crippen molar-refractivity contribution in [2.45, 2.75) is 12.8 Å². The second-order valence-corrected chi connectivity index (χ2v) is 5.24. The van der Waals surface area contributed by atoms with E-state index in [2.05, 4.69) is 56.0 Å². The molecule has 100 valence electrons. The standard InChI is InChI=1S/C19H18O/c1-13(2)19-17-7-5-4-6-15(17)12-18(19)14-8-10-16(20-3)11-9-14/h4-12,19H,1H2,2-3H3. The Morgan fingerprint density at radius 1 is 1.05 bits per heavy atom. The summed E-state index contributed by atoms with van der Waals surface area (Å²) in [6.45, 7) is 6.28. The van der Waals surface area contributed by atoms with Gasteiger partial charge in [-0.05, 0) is 47.4 Å². The molecule has 0 heterocycles. The zero-order chi connectivity index (χ0) is 14.1. The van der Waals surface area contributed by atoms with E-state index >= 15 is 0 Å². The van der Waals surface area contributed by atoms with Crippen LogP contribution < -0.4 is 4.74 Å². The summed E-state index contributed by atoms with van der Waals surface area (Å²) in [6, 6.07) is 16.8. The van der Waals surface area contributed by atoms with E-state index in [4.69, 9.17) is 4.74 Å². The van der Waals surface area contributed by atoms with Gasteiger partial charge >= 0.3 is 0 Å². The molecular weight excluding hydrogens is 244 g/mol. The molecule has 0 saturated carbocycles. The monoisotopic (exact) mass is 262 g/mol. The molecule has 1 atom stereocenters. The molecule has 0 radical (unpaired) electrons. The first kappa shape index (κ1) is 12.7. The molecule has 0 fully saturated rings. The number of methoxy groups -OCH3 is 1. The third kappa shape index (κ3) is 2.05. The first-order valence-electron chi connectivity index (χ1n) is 6.81. The average molecular weight is 262 g/mol. The summed E-state index contributed by atoms with van der Waals surface area (Å²) in [5.41, 5.74) is 6.38. The van der Waals surface area contributed by atoms with Gasteiger partial charge in [0.25, 0.3) is 0 Å². The van der Waals surface area contributed by atoms with Crippen LogP contribution in [0.25, 0.3) is 11.6 Å². The molecule has 1 aliphatic rings. The van der Waals surface area contributed by atoms with Crippen LogP contribution in [0.1, 0.15) is 29.5 Å². The number of hydrogen-bond donors (Lipinski definition) is 0. The minimum absolute atomic E-state index is 0.291. The molecule has 0 aliphatic heterocycles. The fraction of sp³-hybridized carbons (Fsp3) is 0.158. The minimum atomic E-state index is 0.291. The minimum Gasteiger partial charge on any atom is -0.497 e. The van der Waals surface area contributed by atoms with Gasteiger partial charge < -0.3 is 4.74 Å². The largest absolute Gasteiger partial charge is 0.497 e. The van der Waals surface area contributed by atoms with Crippen LogP contribution in [0.3, 0.4) is 0 Å². The molecule has 1 heteroatoms. The Kier molecular flexibility index (Phi) is 3.19. The Labute approximate surface area is 120 Å². The maximum atomic E-state index is 5.23. The smallest absolute Gasteiger partial charge is 0.118 e. The van der Waals surface area contributed by atoms with E-state index in [0.29, 0.717) is 5.92 Å². The van der Waals surface area contributed by atoms with E-state index < -0.39 is 0 Å². The normalized spacial score (nSPS) is 16.5. The molecule has 0 saturated heterocycles. The third-order valence-electron chi connectivity index (χ3n) is 3.85. The van der Waals surface area contributed by atoms with Crippen molar-refractivity contribution in [1.82, 2.24) is 0 Å². The summed E-state index contributed by atoms with van der Waals surface area (Å²) in [5, 5.41) is 0. The third-order valence-corrected chi connectivity index (χ3v) is 3.85. The zero-order valence-electron chi connectivity index (χ0n) is 11.9. The van der Waals surface area contributed by atoms with Gasteiger partial charge in [-0.1, -0.05) is 48.6 Å². The molecule has 20 heavy (non-hydrogen) atoms. The average Bonchev–Trinajstić information content (AvgIpc) is 2.86. The van der Waals surface area contributed by atoms with Gasteiger partial charge in [-0.25, -0.2) is 0 Å². The van der Waals surface area contributed by atoms with Crippen molar-refractivity contribution < 1.29 is 4.74 Å². The predicted molar refractivity (Wildman–Crippen MR) is 84.9 cm³/mol. The molecule has 1 unspecified atom stereocenters. The lowest BCUT2D eigenvalue weighted by Crippen LogP contribution is -1.99. The number of rotatable bonds is 3. The van der Waals surface area contributed by atoms with Crippen molar-refractivity contribution in [3.8, 4) is 5.75 Å². The molecule has 2 aromatic carbocycles. The highest BCUT2D eigenvalue weighted by Crippen LogP contribution is 2.45. The van der Waals surface area contributed by atoms with Gasteiger partial charge in [-0.15, -0.1) is 0 Å². The Morgan fingerprint density at radius 2 is 1.75 bits per heavy atom. The van der Waals surface area contributed by atoms with Crippen molar-refractivity contribution in [2.75, 3.05) is 7.11 Å². The molecule has 0 spiro atoms. The number of fused-ring (bicyclic) bond motifs is 1. The molecule has 1 nitrogen and oxygen atoms in total. The first-order valence-corrected chi connectivity index (χ1v) is 6.81. The van der Waals surface area contributed by atoms with Crippen molar-refractivity contribution in [3.05, 3.63) is 77.4 Å². The molecule has 3 rings (SSSR count). The highest BCUT2D eigenvalue weighted by atomic mass is 16.5. The number of ether oxygens (including phenoxy) is 1. The maximum Gasteiger partial charge on any atom is 0.118 e. The fourth-order valence-electron chi connectivity index (χ4n) is 2.89. The van der Waals surface area contributed by atoms with Crippen LogP contribution >= 0.6 is 0 Å². The van der Waals surface area contributed by atoms with Gasteiger partial charge in [0.1, 0.15) is 5.75 Å². The van der Waals surface area contributed by atoms with Crippen LogP contribution in [-0.4, -0.2) is 7.11 Å². The van der Waals surface area contributed by atoms with E-state index in [1.54, 1.807) is 7.11 Å². The summed E-state index contributed by atoms with van der Waals surface area (Å²) in [5.74, 6) is 1.18. The second-order valence-electron chi connectivity index (χ2n) is 5.24. The zero-order valence-corrected chi connectivity index (χ0v) is 11.9. The van der Waals surface area contributed by atoms with Crippen molar-refractivity contribution in [1.29, 1.82) is 0 Å². The van der Waals surface area contributed by atoms with Gasteiger partial charge in [-0.2, -0.15) is 0 Å². The maximum absolute atomic E-state index is 5.23. The number of benzene rings is 2. The Balaban J connectivity index is 2.06. The van der Waals surface area contributed by atoms with E-state index in [-0.39, 0.29) is 0 Å². The molecular formula is C19H18O. The quantitative estimate of drug-likeness (QED) is 0.714. The highest BCUT2D eigenvalue weighted by Gasteiger charge is 2.26. The molecule has 0 aromatic heterocycles. The van der Waals surface area contributed by atoms with Gasteiger partial charge in [-0.3, -0.25) is 0 Å². The summed E-state index contributed by atoms with van der Waals surface area (Å²) >= 11 is 0. The molecule has 2 aromatic rings.